The Morgan fingerprint density at radius 2 is 1.68 bits per heavy atom. The Hall–Kier alpha value is -1.32. The SMILES string of the molecule is Clc1nc(Cl)nc(Nc2ccccc2Cl)n1.O=C(S)CC(Cl)C(=O)O. The molecule has 134 valence electrons. The topological polar surface area (TPSA) is 105 Å². The van der Waals surface area contributed by atoms with Crippen LogP contribution in [0.1, 0.15) is 6.42 Å². The molecule has 0 spiro atoms. The zero-order chi connectivity index (χ0) is 19.0. The van der Waals surface area contributed by atoms with E-state index in [9.17, 15) is 9.59 Å². The van der Waals surface area contributed by atoms with E-state index >= 15 is 0 Å². The number of aromatic nitrogens is 3. The molecule has 1 aromatic heterocycles. The van der Waals surface area contributed by atoms with Crippen LogP contribution in [0.3, 0.4) is 0 Å². The van der Waals surface area contributed by atoms with E-state index in [4.69, 9.17) is 51.5 Å². The number of hydrogen-bond acceptors (Lipinski definition) is 6. The van der Waals surface area contributed by atoms with E-state index in [-0.39, 0.29) is 22.9 Å². The zero-order valence-electron chi connectivity index (χ0n) is 12.2. The predicted octanol–water partition coefficient (Wildman–Crippen LogP) is 4.10. The number of carbonyl (C=O) groups excluding carboxylic acids is 1. The first kappa shape index (κ1) is 21.7. The molecule has 25 heavy (non-hydrogen) atoms. The summed E-state index contributed by atoms with van der Waals surface area (Å²) in [5.41, 5.74) is 0.669. The van der Waals surface area contributed by atoms with Crippen LogP contribution in [0.5, 0.6) is 0 Å². The van der Waals surface area contributed by atoms with E-state index in [1.807, 2.05) is 12.1 Å². The first-order valence-electron chi connectivity index (χ1n) is 6.36. The zero-order valence-corrected chi connectivity index (χ0v) is 16.1. The van der Waals surface area contributed by atoms with Gasteiger partial charge in [-0.3, -0.25) is 9.59 Å². The first-order chi connectivity index (χ1) is 11.7. The molecular formula is C13H10Cl4N4O3S. The minimum Gasteiger partial charge on any atom is -0.480 e. The van der Waals surface area contributed by atoms with Crippen molar-refractivity contribution in [1.82, 2.24) is 15.0 Å². The summed E-state index contributed by atoms with van der Waals surface area (Å²) >= 11 is 25.7. The minimum absolute atomic E-state index is 0.0227. The van der Waals surface area contributed by atoms with Crippen LogP contribution >= 0.6 is 59.0 Å². The lowest BCUT2D eigenvalue weighted by atomic mass is 10.3. The molecule has 0 amide bonds. The maximum Gasteiger partial charge on any atom is 0.322 e. The lowest BCUT2D eigenvalue weighted by molar-refractivity contribution is -0.137. The molecule has 0 aliphatic rings. The summed E-state index contributed by atoms with van der Waals surface area (Å²) in [5, 5.41) is 9.94. The van der Waals surface area contributed by atoms with Crippen molar-refractivity contribution in [3.05, 3.63) is 39.9 Å². The van der Waals surface area contributed by atoms with Crippen LogP contribution in [0.2, 0.25) is 15.6 Å². The van der Waals surface area contributed by atoms with Gasteiger partial charge < -0.3 is 10.4 Å². The van der Waals surface area contributed by atoms with Crippen molar-refractivity contribution in [2.24, 2.45) is 0 Å². The number of hydrogen-bond donors (Lipinski definition) is 3. The standard InChI is InChI=1S/C9H5Cl3N4.C4H5ClO3S/c10-5-3-1-2-4-6(5)13-9-15-7(11)14-8(12)16-9;5-2(4(7)8)1-3(6)9/h1-4H,(H,13,14,15,16);2H,1H2,(H,6,9)(H,7,8). The molecule has 12 heteroatoms. The molecule has 0 saturated carbocycles. The average Bonchev–Trinajstić information content (AvgIpc) is 2.48. The Morgan fingerprint density at radius 1 is 1.12 bits per heavy atom. The fourth-order valence-corrected chi connectivity index (χ4v) is 2.28. The van der Waals surface area contributed by atoms with Crippen molar-refractivity contribution in [2.45, 2.75) is 11.8 Å². The van der Waals surface area contributed by atoms with Gasteiger partial charge in [-0.25, -0.2) is 0 Å². The molecule has 2 N–H and O–H groups in total. The smallest absolute Gasteiger partial charge is 0.322 e. The number of anilines is 2. The van der Waals surface area contributed by atoms with Crippen molar-refractivity contribution < 1.29 is 14.7 Å². The maximum atomic E-state index is 10.1. The van der Waals surface area contributed by atoms with Crippen LogP contribution in [0, 0.1) is 0 Å². The van der Waals surface area contributed by atoms with Crippen molar-refractivity contribution in [2.75, 3.05) is 5.32 Å². The second-order valence-electron chi connectivity index (χ2n) is 4.21. The first-order valence-corrected chi connectivity index (χ1v) is 8.38. The Morgan fingerprint density at radius 3 is 2.12 bits per heavy atom. The normalized spacial score (nSPS) is 11.1. The van der Waals surface area contributed by atoms with Gasteiger partial charge in [0, 0.05) is 6.42 Å². The summed E-state index contributed by atoms with van der Waals surface area (Å²) in [4.78, 5) is 31.3. The number of nitrogens with one attached hydrogen (secondary N) is 1. The van der Waals surface area contributed by atoms with Crippen LogP contribution < -0.4 is 5.32 Å². The summed E-state index contributed by atoms with van der Waals surface area (Å²) in [6.07, 6.45) is -0.236. The second kappa shape index (κ2) is 10.6. The fourth-order valence-electron chi connectivity index (χ4n) is 1.31. The number of benzene rings is 1. The molecule has 1 unspecified atom stereocenters. The highest BCUT2D eigenvalue weighted by Gasteiger charge is 2.15. The highest BCUT2D eigenvalue weighted by atomic mass is 35.5. The van der Waals surface area contributed by atoms with Gasteiger partial charge >= 0.3 is 5.97 Å². The Kier molecular flexibility index (Phi) is 9.23. The highest BCUT2D eigenvalue weighted by molar-refractivity contribution is 7.96. The Bertz CT molecular complexity index is 746. The number of rotatable bonds is 5. The molecule has 1 heterocycles. The molecule has 2 aromatic rings. The van der Waals surface area contributed by atoms with E-state index in [0.29, 0.717) is 10.7 Å². The molecular weight excluding hydrogens is 434 g/mol. The lowest BCUT2D eigenvalue weighted by Crippen LogP contribution is -2.15. The summed E-state index contributed by atoms with van der Waals surface area (Å²) < 4.78 is 0. The molecule has 1 atom stereocenters. The Balaban J connectivity index is 0.000000299. The van der Waals surface area contributed by atoms with Crippen molar-refractivity contribution in [3.8, 4) is 0 Å². The molecule has 0 saturated heterocycles. The van der Waals surface area contributed by atoms with Crippen molar-refractivity contribution >= 4 is 81.8 Å². The monoisotopic (exact) mass is 442 g/mol. The number of thiol groups is 1. The molecule has 2 rings (SSSR count). The summed E-state index contributed by atoms with van der Waals surface area (Å²) in [6.45, 7) is 0. The number of alkyl halides is 1. The Labute approximate surface area is 168 Å². The van der Waals surface area contributed by atoms with Crippen LogP contribution in [0.25, 0.3) is 0 Å². The number of carboxylic acid groups (broad SMARTS) is 1. The number of aliphatic carboxylic acids is 1. The van der Waals surface area contributed by atoms with Crippen LogP contribution in [-0.2, 0) is 9.59 Å². The minimum atomic E-state index is -1.20. The van der Waals surface area contributed by atoms with Gasteiger partial charge in [0.05, 0.1) is 10.7 Å². The van der Waals surface area contributed by atoms with Gasteiger partial charge in [-0.1, -0.05) is 23.7 Å². The number of para-hydroxylation sites is 1. The molecule has 0 radical (unpaired) electrons. The van der Waals surface area contributed by atoms with Crippen LogP contribution in [0.4, 0.5) is 11.6 Å². The third-order valence-corrected chi connectivity index (χ3v) is 3.51. The summed E-state index contributed by atoms with van der Waals surface area (Å²) in [5.74, 6) is -0.947. The van der Waals surface area contributed by atoms with E-state index in [1.165, 1.54) is 0 Å². The summed E-state index contributed by atoms with van der Waals surface area (Å²) in [7, 11) is 0. The number of halogens is 4. The molecule has 0 aliphatic heterocycles. The maximum absolute atomic E-state index is 10.1. The fraction of sp³-hybridized carbons (Fsp3) is 0.154. The predicted molar refractivity (Wildman–Crippen MR) is 100 cm³/mol. The largest absolute Gasteiger partial charge is 0.480 e. The molecule has 0 bridgehead atoms. The van der Waals surface area contributed by atoms with E-state index in [2.05, 4.69) is 32.9 Å². The van der Waals surface area contributed by atoms with Gasteiger partial charge in [-0.15, -0.1) is 24.2 Å². The van der Waals surface area contributed by atoms with Gasteiger partial charge in [-0.05, 0) is 35.3 Å². The molecule has 0 aliphatic carbocycles. The third-order valence-electron chi connectivity index (χ3n) is 2.32. The van der Waals surface area contributed by atoms with Gasteiger partial charge in [0.1, 0.15) is 5.38 Å². The third kappa shape index (κ3) is 8.55. The molecule has 0 fully saturated rings. The van der Waals surface area contributed by atoms with E-state index < -0.39 is 16.5 Å². The van der Waals surface area contributed by atoms with Crippen LogP contribution in [-0.4, -0.2) is 36.5 Å². The summed E-state index contributed by atoms with van der Waals surface area (Å²) in [6, 6.07) is 7.18. The van der Waals surface area contributed by atoms with Gasteiger partial charge in [0.25, 0.3) is 0 Å². The second-order valence-corrected chi connectivity index (χ2v) is 6.31. The number of carboxylic acids is 1. The van der Waals surface area contributed by atoms with Crippen molar-refractivity contribution in [3.63, 3.8) is 0 Å². The number of carbonyl (C=O) groups is 2. The van der Waals surface area contributed by atoms with E-state index in [0.717, 1.165) is 0 Å². The van der Waals surface area contributed by atoms with Crippen LogP contribution in [0.15, 0.2) is 24.3 Å². The average molecular weight is 444 g/mol. The highest BCUT2D eigenvalue weighted by Crippen LogP contribution is 2.23. The molecule has 7 nitrogen and oxygen atoms in total. The van der Waals surface area contributed by atoms with Gasteiger partial charge in [-0.2, -0.15) is 15.0 Å². The quantitative estimate of drug-likeness (QED) is 0.471. The van der Waals surface area contributed by atoms with Gasteiger partial charge in [0.15, 0.2) is 5.12 Å². The molecule has 1 aromatic carbocycles. The van der Waals surface area contributed by atoms with E-state index in [1.54, 1.807) is 12.1 Å². The lowest BCUT2D eigenvalue weighted by Gasteiger charge is -2.06. The van der Waals surface area contributed by atoms with Gasteiger partial charge in [0.2, 0.25) is 16.5 Å². The van der Waals surface area contributed by atoms with Crippen molar-refractivity contribution in [1.29, 1.82) is 0 Å². The number of nitrogens with zero attached hydrogens (tertiary/aromatic N) is 3.